The third kappa shape index (κ3) is 2.84. The lowest BCUT2D eigenvalue weighted by Gasteiger charge is -2.23. The molecule has 3 rings (SSSR count). The minimum absolute atomic E-state index is 0.417. The van der Waals surface area contributed by atoms with Gasteiger partial charge >= 0.3 is 11.2 Å². The molecule has 0 unspecified atom stereocenters. The van der Waals surface area contributed by atoms with Gasteiger partial charge in [-0.05, 0) is 24.1 Å². The summed E-state index contributed by atoms with van der Waals surface area (Å²) in [6.07, 6.45) is 0. The van der Waals surface area contributed by atoms with E-state index in [2.05, 4.69) is 0 Å². The van der Waals surface area contributed by atoms with Crippen molar-refractivity contribution in [2.45, 2.75) is 13.0 Å². The fourth-order valence-corrected chi connectivity index (χ4v) is 2.86. The third-order valence-corrected chi connectivity index (χ3v) is 3.99. The SMILES string of the molecule is Cc1ccc([N+](=O)[O-])c(=O)n1C(c1ccccc1)c1ccccc1. The van der Waals surface area contributed by atoms with Crippen molar-refractivity contribution in [1.29, 1.82) is 0 Å². The van der Waals surface area contributed by atoms with Gasteiger partial charge in [-0.3, -0.25) is 19.5 Å². The fraction of sp³-hybridized carbons (Fsp3) is 0.105. The molecule has 1 aromatic heterocycles. The summed E-state index contributed by atoms with van der Waals surface area (Å²) in [5.74, 6) is 0. The average Bonchev–Trinajstić information content (AvgIpc) is 2.59. The molecule has 0 aliphatic rings. The van der Waals surface area contributed by atoms with Gasteiger partial charge in [0.05, 0.1) is 11.0 Å². The molecule has 1 heterocycles. The first kappa shape index (κ1) is 15.7. The van der Waals surface area contributed by atoms with Gasteiger partial charge in [0.15, 0.2) is 0 Å². The van der Waals surface area contributed by atoms with E-state index >= 15 is 0 Å². The molecule has 0 saturated heterocycles. The van der Waals surface area contributed by atoms with Crippen molar-refractivity contribution < 1.29 is 4.92 Å². The van der Waals surface area contributed by atoms with Gasteiger partial charge in [-0.2, -0.15) is 0 Å². The molecule has 24 heavy (non-hydrogen) atoms. The molecule has 2 aromatic carbocycles. The van der Waals surface area contributed by atoms with Crippen molar-refractivity contribution in [3.63, 3.8) is 0 Å². The van der Waals surface area contributed by atoms with Gasteiger partial charge < -0.3 is 0 Å². The first-order valence-corrected chi connectivity index (χ1v) is 7.56. The van der Waals surface area contributed by atoms with Crippen LogP contribution in [0.3, 0.4) is 0 Å². The van der Waals surface area contributed by atoms with Gasteiger partial charge in [-0.25, -0.2) is 0 Å². The summed E-state index contributed by atoms with van der Waals surface area (Å²) in [6.45, 7) is 1.78. The Morgan fingerprint density at radius 1 is 0.875 bits per heavy atom. The average molecular weight is 320 g/mol. The molecule has 0 bridgehead atoms. The highest BCUT2D eigenvalue weighted by atomic mass is 16.6. The Balaban J connectivity index is 2.31. The second kappa shape index (κ2) is 6.50. The van der Waals surface area contributed by atoms with E-state index in [1.54, 1.807) is 13.0 Å². The monoisotopic (exact) mass is 320 g/mol. The highest BCUT2D eigenvalue weighted by Gasteiger charge is 2.23. The van der Waals surface area contributed by atoms with Crippen molar-refractivity contribution in [3.05, 3.63) is 110 Å². The maximum atomic E-state index is 12.7. The quantitative estimate of drug-likeness (QED) is 0.544. The number of aryl methyl sites for hydroxylation is 1. The Labute approximate surface area is 139 Å². The van der Waals surface area contributed by atoms with Crippen LogP contribution in [0.2, 0.25) is 0 Å². The summed E-state index contributed by atoms with van der Waals surface area (Å²) in [7, 11) is 0. The topological polar surface area (TPSA) is 65.1 Å². The fourth-order valence-electron chi connectivity index (χ4n) is 2.86. The van der Waals surface area contributed by atoms with Crippen LogP contribution < -0.4 is 5.56 Å². The second-order valence-corrected chi connectivity index (χ2v) is 5.52. The minimum atomic E-state index is -0.634. The number of aromatic nitrogens is 1. The van der Waals surface area contributed by atoms with E-state index in [0.717, 1.165) is 11.1 Å². The molecule has 5 nitrogen and oxygen atoms in total. The van der Waals surface area contributed by atoms with E-state index in [-0.39, 0.29) is 0 Å². The van der Waals surface area contributed by atoms with E-state index < -0.39 is 22.2 Å². The van der Waals surface area contributed by atoms with E-state index in [4.69, 9.17) is 0 Å². The Morgan fingerprint density at radius 3 is 1.83 bits per heavy atom. The summed E-state index contributed by atoms with van der Waals surface area (Å²) < 4.78 is 1.49. The molecule has 0 radical (unpaired) electrons. The molecule has 0 saturated carbocycles. The number of hydrogen-bond donors (Lipinski definition) is 0. The highest BCUT2D eigenvalue weighted by molar-refractivity contribution is 5.37. The van der Waals surface area contributed by atoms with E-state index in [9.17, 15) is 14.9 Å². The molecule has 120 valence electrons. The second-order valence-electron chi connectivity index (χ2n) is 5.52. The lowest BCUT2D eigenvalue weighted by Crippen LogP contribution is -2.29. The van der Waals surface area contributed by atoms with Crippen LogP contribution in [-0.2, 0) is 0 Å². The maximum absolute atomic E-state index is 12.7. The lowest BCUT2D eigenvalue weighted by molar-refractivity contribution is -0.386. The number of nitrogens with zero attached hydrogens (tertiary/aromatic N) is 2. The van der Waals surface area contributed by atoms with Gasteiger partial charge in [0, 0.05) is 11.8 Å². The van der Waals surface area contributed by atoms with E-state index in [1.807, 2.05) is 60.7 Å². The first-order chi connectivity index (χ1) is 11.6. The van der Waals surface area contributed by atoms with Gasteiger partial charge in [0.2, 0.25) is 0 Å². The van der Waals surface area contributed by atoms with Crippen LogP contribution in [0.25, 0.3) is 0 Å². The van der Waals surface area contributed by atoms with Crippen molar-refractivity contribution in [1.82, 2.24) is 4.57 Å². The van der Waals surface area contributed by atoms with Crippen LogP contribution >= 0.6 is 0 Å². The number of rotatable bonds is 4. The number of hydrogen-bond acceptors (Lipinski definition) is 3. The van der Waals surface area contributed by atoms with Crippen molar-refractivity contribution in [3.8, 4) is 0 Å². The Hall–Kier alpha value is -3.21. The Bertz CT molecular complexity index is 879. The summed E-state index contributed by atoms with van der Waals surface area (Å²) in [5, 5.41) is 11.2. The van der Waals surface area contributed by atoms with Gasteiger partial charge in [-0.15, -0.1) is 0 Å². The molecule has 0 fully saturated rings. The zero-order valence-electron chi connectivity index (χ0n) is 13.1. The number of pyridine rings is 1. The smallest absolute Gasteiger partial charge is 0.295 e. The largest absolute Gasteiger partial charge is 0.334 e. The number of nitro groups is 1. The van der Waals surface area contributed by atoms with Crippen molar-refractivity contribution in [2.24, 2.45) is 0 Å². The molecule has 3 aromatic rings. The predicted molar refractivity (Wildman–Crippen MR) is 92.2 cm³/mol. The van der Waals surface area contributed by atoms with Crippen LogP contribution in [0, 0.1) is 17.0 Å². The van der Waals surface area contributed by atoms with Crippen LogP contribution in [-0.4, -0.2) is 9.49 Å². The summed E-state index contributed by atoms with van der Waals surface area (Å²) in [5.41, 5.74) is 1.45. The summed E-state index contributed by atoms with van der Waals surface area (Å²) >= 11 is 0. The molecule has 5 heteroatoms. The molecular formula is C19H16N2O3. The maximum Gasteiger partial charge on any atom is 0.334 e. The lowest BCUT2D eigenvalue weighted by atomic mass is 9.97. The molecule has 0 N–H and O–H groups in total. The molecule has 0 spiro atoms. The van der Waals surface area contributed by atoms with E-state index in [1.165, 1.54) is 10.6 Å². The van der Waals surface area contributed by atoms with Crippen molar-refractivity contribution >= 4 is 5.69 Å². The molecule has 0 aliphatic carbocycles. The van der Waals surface area contributed by atoms with Gasteiger partial charge in [0.25, 0.3) is 0 Å². The minimum Gasteiger partial charge on any atom is -0.295 e. The predicted octanol–water partition coefficient (Wildman–Crippen LogP) is 3.70. The first-order valence-electron chi connectivity index (χ1n) is 7.56. The molecule has 0 aliphatic heterocycles. The summed E-state index contributed by atoms with van der Waals surface area (Å²) in [4.78, 5) is 23.3. The highest BCUT2D eigenvalue weighted by Crippen LogP contribution is 2.27. The summed E-state index contributed by atoms with van der Waals surface area (Å²) in [6, 6.07) is 21.5. The van der Waals surface area contributed by atoms with Crippen LogP contribution in [0.4, 0.5) is 5.69 Å². The Kier molecular flexibility index (Phi) is 4.24. The zero-order chi connectivity index (χ0) is 17.1. The molecule has 0 atom stereocenters. The van der Waals surface area contributed by atoms with Crippen LogP contribution in [0.15, 0.2) is 77.6 Å². The standard InChI is InChI=1S/C19H16N2O3/c1-14-12-13-17(21(23)24)19(22)20(14)18(15-8-4-2-5-9-15)16-10-6-3-7-11-16/h2-13,18H,1H3. The molecular weight excluding hydrogens is 304 g/mol. The van der Waals surface area contributed by atoms with Gasteiger partial charge in [-0.1, -0.05) is 60.7 Å². The third-order valence-electron chi connectivity index (χ3n) is 3.99. The number of benzene rings is 2. The van der Waals surface area contributed by atoms with Gasteiger partial charge in [0.1, 0.15) is 0 Å². The van der Waals surface area contributed by atoms with Crippen molar-refractivity contribution in [2.75, 3.05) is 0 Å². The zero-order valence-corrected chi connectivity index (χ0v) is 13.1. The van der Waals surface area contributed by atoms with E-state index in [0.29, 0.717) is 5.69 Å². The Morgan fingerprint density at radius 2 is 1.38 bits per heavy atom. The van der Waals surface area contributed by atoms with Crippen LogP contribution in [0.1, 0.15) is 22.9 Å². The molecule has 0 amide bonds. The normalized spacial score (nSPS) is 10.8. The van der Waals surface area contributed by atoms with Crippen LogP contribution in [0.5, 0.6) is 0 Å².